The van der Waals surface area contributed by atoms with Crippen molar-refractivity contribution in [3.8, 4) is 11.5 Å². The summed E-state index contributed by atoms with van der Waals surface area (Å²) >= 11 is 1.43. The van der Waals surface area contributed by atoms with Crippen molar-refractivity contribution in [2.45, 2.75) is 51.4 Å². The molecule has 108 valence electrons. The molecule has 2 aromatic rings. The molecule has 0 aromatic carbocycles. The highest BCUT2D eigenvalue weighted by Crippen LogP contribution is 2.35. The van der Waals surface area contributed by atoms with Crippen molar-refractivity contribution in [1.29, 1.82) is 0 Å². The molecule has 0 spiro atoms. The maximum atomic E-state index is 5.49. The normalized spacial score (nSPS) is 17.1. The van der Waals surface area contributed by atoms with E-state index in [1.54, 1.807) is 0 Å². The Labute approximate surface area is 123 Å². The van der Waals surface area contributed by atoms with Crippen molar-refractivity contribution in [1.82, 2.24) is 14.5 Å². The Balaban J connectivity index is 1.87. The Morgan fingerprint density at radius 3 is 2.65 bits per heavy atom. The van der Waals surface area contributed by atoms with E-state index in [2.05, 4.69) is 19.8 Å². The summed E-state index contributed by atoms with van der Waals surface area (Å²) in [4.78, 5) is 4.64. The van der Waals surface area contributed by atoms with Crippen LogP contribution in [-0.4, -0.2) is 21.6 Å². The van der Waals surface area contributed by atoms with Crippen molar-refractivity contribution < 1.29 is 4.52 Å². The van der Waals surface area contributed by atoms with Crippen LogP contribution in [0.2, 0.25) is 0 Å². The number of rotatable bonds is 3. The lowest BCUT2D eigenvalue weighted by Gasteiger charge is -2.07. The van der Waals surface area contributed by atoms with Gasteiger partial charge in [-0.3, -0.25) is 0 Å². The zero-order valence-corrected chi connectivity index (χ0v) is 12.8. The van der Waals surface area contributed by atoms with Crippen molar-refractivity contribution in [3.05, 3.63) is 11.5 Å². The number of hydrogen-bond donors (Lipinski definition) is 1. The van der Waals surface area contributed by atoms with E-state index >= 15 is 0 Å². The molecule has 2 aromatic heterocycles. The minimum absolute atomic E-state index is 0.458. The predicted molar refractivity (Wildman–Crippen MR) is 80.1 cm³/mol. The van der Waals surface area contributed by atoms with Gasteiger partial charge in [0.25, 0.3) is 5.89 Å². The standard InChI is InChI=1S/C14H20N4OS/c1-9-11(14(15-2)20-18-9)13-16-12(17-19-13)10-7-5-3-4-6-8-10/h10,15H,3-8H2,1-2H3. The average molecular weight is 292 g/mol. The van der Waals surface area contributed by atoms with Gasteiger partial charge in [0.05, 0.1) is 11.3 Å². The summed E-state index contributed by atoms with van der Waals surface area (Å²) in [7, 11) is 1.89. The minimum Gasteiger partial charge on any atom is -0.378 e. The molecule has 2 heterocycles. The molecular weight excluding hydrogens is 272 g/mol. The minimum atomic E-state index is 0.458. The van der Waals surface area contributed by atoms with Gasteiger partial charge in [-0.25, -0.2) is 0 Å². The molecule has 1 fully saturated rings. The molecule has 3 rings (SSSR count). The van der Waals surface area contributed by atoms with Crippen LogP contribution in [0.5, 0.6) is 0 Å². The lowest BCUT2D eigenvalue weighted by Crippen LogP contribution is -1.99. The van der Waals surface area contributed by atoms with E-state index in [0.29, 0.717) is 11.8 Å². The van der Waals surface area contributed by atoms with Crippen molar-refractivity contribution in [3.63, 3.8) is 0 Å². The monoisotopic (exact) mass is 292 g/mol. The van der Waals surface area contributed by atoms with Gasteiger partial charge >= 0.3 is 0 Å². The van der Waals surface area contributed by atoms with Gasteiger partial charge in [0.1, 0.15) is 5.00 Å². The molecule has 1 N–H and O–H groups in total. The SMILES string of the molecule is CNc1snc(C)c1-c1nc(C2CCCCCC2)no1. The van der Waals surface area contributed by atoms with Gasteiger partial charge in [-0.05, 0) is 31.3 Å². The first-order valence-electron chi connectivity index (χ1n) is 7.27. The molecule has 20 heavy (non-hydrogen) atoms. The summed E-state index contributed by atoms with van der Waals surface area (Å²) in [5, 5.41) is 8.34. The summed E-state index contributed by atoms with van der Waals surface area (Å²) in [6, 6.07) is 0. The molecule has 0 atom stereocenters. The van der Waals surface area contributed by atoms with E-state index in [1.165, 1.54) is 50.1 Å². The second-order valence-electron chi connectivity index (χ2n) is 5.37. The molecule has 1 aliphatic rings. The second-order valence-corrected chi connectivity index (χ2v) is 6.14. The van der Waals surface area contributed by atoms with E-state index in [-0.39, 0.29) is 0 Å². The van der Waals surface area contributed by atoms with Gasteiger partial charge < -0.3 is 9.84 Å². The Morgan fingerprint density at radius 1 is 1.20 bits per heavy atom. The van der Waals surface area contributed by atoms with Crippen LogP contribution in [0.3, 0.4) is 0 Å². The van der Waals surface area contributed by atoms with E-state index in [0.717, 1.165) is 22.1 Å². The van der Waals surface area contributed by atoms with Gasteiger partial charge in [0, 0.05) is 13.0 Å². The van der Waals surface area contributed by atoms with Crippen LogP contribution in [0.1, 0.15) is 56.0 Å². The lowest BCUT2D eigenvalue weighted by atomic mass is 10.00. The molecule has 1 aliphatic carbocycles. The fourth-order valence-electron chi connectivity index (χ4n) is 2.83. The highest BCUT2D eigenvalue weighted by atomic mass is 32.1. The van der Waals surface area contributed by atoms with Gasteiger partial charge in [-0.1, -0.05) is 30.8 Å². The molecule has 0 saturated heterocycles. The Bertz CT molecular complexity index is 569. The van der Waals surface area contributed by atoms with Crippen molar-refractivity contribution >= 4 is 16.5 Å². The molecule has 0 radical (unpaired) electrons. The molecule has 0 unspecified atom stereocenters. The topological polar surface area (TPSA) is 63.8 Å². The van der Waals surface area contributed by atoms with Gasteiger partial charge in [0.2, 0.25) is 0 Å². The van der Waals surface area contributed by atoms with Crippen molar-refractivity contribution in [2.75, 3.05) is 12.4 Å². The Morgan fingerprint density at radius 2 is 1.95 bits per heavy atom. The number of hydrogen-bond acceptors (Lipinski definition) is 6. The number of anilines is 1. The molecule has 1 saturated carbocycles. The summed E-state index contributed by atoms with van der Waals surface area (Å²) in [6.45, 7) is 1.97. The third-order valence-electron chi connectivity index (χ3n) is 3.97. The third-order valence-corrected chi connectivity index (χ3v) is 4.92. The molecule has 0 aliphatic heterocycles. The first-order valence-corrected chi connectivity index (χ1v) is 8.05. The van der Waals surface area contributed by atoms with E-state index in [4.69, 9.17) is 4.52 Å². The lowest BCUT2D eigenvalue weighted by molar-refractivity contribution is 0.410. The molecule has 5 nitrogen and oxygen atoms in total. The molecular formula is C14H20N4OS. The van der Waals surface area contributed by atoms with Gasteiger partial charge in [-0.15, -0.1) is 0 Å². The van der Waals surface area contributed by atoms with Crippen LogP contribution < -0.4 is 5.32 Å². The summed E-state index contributed by atoms with van der Waals surface area (Å²) in [5.74, 6) is 1.93. The fraction of sp³-hybridized carbons (Fsp3) is 0.643. The number of aromatic nitrogens is 3. The highest BCUT2D eigenvalue weighted by molar-refractivity contribution is 7.10. The summed E-state index contributed by atoms with van der Waals surface area (Å²) in [5.41, 5.74) is 1.89. The highest BCUT2D eigenvalue weighted by Gasteiger charge is 2.23. The van der Waals surface area contributed by atoms with Crippen LogP contribution >= 0.6 is 11.5 Å². The Kier molecular flexibility index (Phi) is 4.00. The zero-order chi connectivity index (χ0) is 13.9. The van der Waals surface area contributed by atoms with Gasteiger partial charge in [-0.2, -0.15) is 9.36 Å². The number of aryl methyl sites for hydroxylation is 1. The maximum absolute atomic E-state index is 5.49. The van der Waals surface area contributed by atoms with Crippen LogP contribution in [0.4, 0.5) is 5.00 Å². The van der Waals surface area contributed by atoms with Crippen LogP contribution in [-0.2, 0) is 0 Å². The smallest absolute Gasteiger partial charge is 0.262 e. The van der Waals surface area contributed by atoms with E-state index in [9.17, 15) is 0 Å². The third kappa shape index (κ3) is 2.57. The largest absolute Gasteiger partial charge is 0.378 e. The predicted octanol–water partition coefficient (Wildman–Crippen LogP) is 3.98. The first-order chi connectivity index (χ1) is 9.79. The fourth-order valence-corrected chi connectivity index (χ4v) is 3.57. The first kappa shape index (κ1) is 13.5. The quantitative estimate of drug-likeness (QED) is 0.867. The van der Waals surface area contributed by atoms with Crippen molar-refractivity contribution in [2.24, 2.45) is 0 Å². The summed E-state index contributed by atoms with van der Waals surface area (Å²) in [6.07, 6.45) is 7.57. The van der Waals surface area contributed by atoms with Crippen LogP contribution in [0.15, 0.2) is 4.52 Å². The maximum Gasteiger partial charge on any atom is 0.262 e. The number of nitrogens with one attached hydrogen (secondary N) is 1. The summed E-state index contributed by atoms with van der Waals surface area (Å²) < 4.78 is 9.84. The van der Waals surface area contributed by atoms with Crippen LogP contribution in [0.25, 0.3) is 11.5 Å². The van der Waals surface area contributed by atoms with Gasteiger partial charge in [0.15, 0.2) is 5.82 Å². The molecule has 0 amide bonds. The van der Waals surface area contributed by atoms with E-state index in [1.807, 2.05) is 14.0 Å². The Hall–Kier alpha value is -1.43. The molecule has 0 bridgehead atoms. The second kappa shape index (κ2) is 5.91. The number of nitrogens with zero attached hydrogens (tertiary/aromatic N) is 3. The van der Waals surface area contributed by atoms with Crippen LogP contribution in [0, 0.1) is 6.92 Å². The molecule has 6 heteroatoms. The zero-order valence-electron chi connectivity index (χ0n) is 12.0. The van der Waals surface area contributed by atoms with E-state index < -0.39 is 0 Å². The average Bonchev–Trinajstić information content (AvgIpc) is 2.97.